The van der Waals surface area contributed by atoms with Crippen molar-refractivity contribution in [3.05, 3.63) is 42.2 Å². The summed E-state index contributed by atoms with van der Waals surface area (Å²) >= 11 is 0. The SMILES string of the molecule is CN=C(NCC(c1ccc(OC)cc1)N1CCCC1)N1CCN(c2cnn(C)c2)C(=O)C1. The van der Waals surface area contributed by atoms with Crippen LogP contribution in [0.25, 0.3) is 0 Å². The van der Waals surface area contributed by atoms with Gasteiger partial charge in [-0.2, -0.15) is 5.10 Å². The molecule has 9 heteroatoms. The van der Waals surface area contributed by atoms with Gasteiger partial charge in [0.15, 0.2) is 5.96 Å². The van der Waals surface area contributed by atoms with Crippen LogP contribution in [0, 0.1) is 0 Å². The van der Waals surface area contributed by atoms with Crippen molar-refractivity contribution in [2.45, 2.75) is 18.9 Å². The Hall–Kier alpha value is -3.07. The molecule has 2 saturated heterocycles. The molecule has 1 N–H and O–H groups in total. The zero-order valence-corrected chi connectivity index (χ0v) is 19.2. The fourth-order valence-corrected chi connectivity index (χ4v) is 4.53. The predicted octanol–water partition coefficient (Wildman–Crippen LogP) is 1.49. The number of carbonyl (C=O) groups is 1. The summed E-state index contributed by atoms with van der Waals surface area (Å²) in [6.45, 7) is 4.55. The van der Waals surface area contributed by atoms with Gasteiger partial charge in [-0.1, -0.05) is 12.1 Å². The minimum atomic E-state index is 0.0541. The Balaban J connectivity index is 1.41. The fourth-order valence-electron chi connectivity index (χ4n) is 4.53. The lowest BCUT2D eigenvalue weighted by Gasteiger charge is -2.36. The number of likely N-dealkylation sites (tertiary alicyclic amines) is 1. The number of benzene rings is 1. The molecule has 1 unspecified atom stereocenters. The highest BCUT2D eigenvalue weighted by Crippen LogP contribution is 2.26. The van der Waals surface area contributed by atoms with Crippen molar-refractivity contribution < 1.29 is 9.53 Å². The molecule has 2 aromatic rings. The van der Waals surface area contributed by atoms with Crippen LogP contribution in [-0.4, -0.2) is 84.9 Å². The lowest BCUT2D eigenvalue weighted by Crippen LogP contribution is -2.56. The van der Waals surface area contributed by atoms with Crippen LogP contribution in [0.1, 0.15) is 24.4 Å². The van der Waals surface area contributed by atoms with Crippen molar-refractivity contribution in [2.24, 2.45) is 12.0 Å². The number of hydrogen-bond donors (Lipinski definition) is 1. The Kier molecular flexibility index (Phi) is 6.94. The summed E-state index contributed by atoms with van der Waals surface area (Å²) < 4.78 is 7.04. The van der Waals surface area contributed by atoms with Gasteiger partial charge < -0.3 is 19.9 Å². The minimum absolute atomic E-state index is 0.0541. The molecule has 1 amide bonds. The molecule has 0 bridgehead atoms. The molecule has 0 aliphatic carbocycles. The number of aliphatic imine (C=N–C) groups is 1. The molecule has 4 rings (SSSR count). The van der Waals surface area contributed by atoms with Crippen LogP contribution in [0.3, 0.4) is 0 Å². The number of aryl methyl sites for hydroxylation is 1. The monoisotopic (exact) mass is 439 g/mol. The second-order valence-electron chi connectivity index (χ2n) is 8.30. The number of ether oxygens (including phenoxy) is 1. The second kappa shape index (κ2) is 10.0. The Morgan fingerprint density at radius 2 is 1.94 bits per heavy atom. The summed E-state index contributed by atoms with van der Waals surface area (Å²) in [7, 11) is 5.32. The van der Waals surface area contributed by atoms with Crippen LogP contribution in [0.2, 0.25) is 0 Å². The van der Waals surface area contributed by atoms with Gasteiger partial charge in [0.1, 0.15) is 12.3 Å². The number of methoxy groups -OCH3 is 1. The Morgan fingerprint density at radius 3 is 2.53 bits per heavy atom. The van der Waals surface area contributed by atoms with Gasteiger partial charge in [-0.15, -0.1) is 0 Å². The first kappa shape index (κ1) is 22.1. The van der Waals surface area contributed by atoms with Crippen LogP contribution in [0.15, 0.2) is 41.7 Å². The standard InChI is InChI=1S/C23H33N7O2/c1-24-23(29-12-13-30(22(31)17-29)19-14-26-27(2)16-19)25-15-21(28-10-4-5-11-28)18-6-8-20(32-3)9-7-18/h6-9,14,16,21H,4-5,10-13,15,17H2,1-3H3,(H,24,25). The number of carbonyl (C=O) groups excluding carboxylic acids is 1. The molecular formula is C23H33N7O2. The van der Waals surface area contributed by atoms with Crippen molar-refractivity contribution in [1.29, 1.82) is 0 Å². The summed E-state index contributed by atoms with van der Waals surface area (Å²) in [5, 5.41) is 7.72. The van der Waals surface area contributed by atoms with Crippen molar-refractivity contribution in [1.82, 2.24) is 24.9 Å². The molecule has 0 radical (unpaired) electrons. The molecule has 2 aliphatic heterocycles. The molecule has 172 valence electrons. The van der Waals surface area contributed by atoms with E-state index in [1.54, 1.807) is 29.9 Å². The van der Waals surface area contributed by atoms with Gasteiger partial charge in [-0.05, 0) is 43.6 Å². The average Bonchev–Trinajstić information content (AvgIpc) is 3.49. The molecular weight excluding hydrogens is 406 g/mol. The first-order valence-electron chi connectivity index (χ1n) is 11.2. The maximum absolute atomic E-state index is 12.8. The van der Waals surface area contributed by atoms with Gasteiger partial charge in [-0.25, -0.2) is 0 Å². The van der Waals surface area contributed by atoms with Crippen molar-refractivity contribution in [2.75, 3.05) is 58.3 Å². The zero-order valence-electron chi connectivity index (χ0n) is 19.2. The van der Waals surface area contributed by atoms with Gasteiger partial charge in [0.2, 0.25) is 5.91 Å². The van der Waals surface area contributed by atoms with Crippen molar-refractivity contribution in [3.8, 4) is 5.75 Å². The maximum atomic E-state index is 12.8. The smallest absolute Gasteiger partial charge is 0.246 e. The molecule has 0 saturated carbocycles. The first-order valence-corrected chi connectivity index (χ1v) is 11.2. The number of hydrogen-bond acceptors (Lipinski definition) is 5. The van der Waals surface area contributed by atoms with E-state index in [1.807, 2.05) is 30.3 Å². The second-order valence-corrected chi connectivity index (χ2v) is 8.30. The van der Waals surface area contributed by atoms with E-state index in [2.05, 4.69) is 32.4 Å². The molecule has 2 aliphatic rings. The van der Waals surface area contributed by atoms with E-state index in [0.717, 1.165) is 43.6 Å². The molecule has 0 spiro atoms. The maximum Gasteiger partial charge on any atom is 0.246 e. The molecule has 3 heterocycles. The highest BCUT2D eigenvalue weighted by molar-refractivity contribution is 5.98. The van der Waals surface area contributed by atoms with Gasteiger partial charge in [0.05, 0.1) is 25.0 Å². The number of rotatable bonds is 6. The largest absolute Gasteiger partial charge is 0.497 e. The van der Waals surface area contributed by atoms with E-state index < -0.39 is 0 Å². The van der Waals surface area contributed by atoms with Crippen LogP contribution >= 0.6 is 0 Å². The molecule has 1 atom stereocenters. The fraction of sp³-hybridized carbons (Fsp3) is 0.522. The lowest BCUT2D eigenvalue weighted by atomic mass is 10.1. The normalized spacial score (nSPS) is 18.8. The van der Waals surface area contributed by atoms with Gasteiger partial charge in [0, 0.05) is 39.9 Å². The van der Waals surface area contributed by atoms with E-state index in [-0.39, 0.29) is 11.9 Å². The van der Waals surface area contributed by atoms with Crippen molar-refractivity contribution in [3.63, 3.8) is 0 Å². The topological polar surface area (TPSA) is 78.2 Å². The highest BCUT2D eigenvalue weighted by Gasteiger charge is 2.29. The third-order valence-electron chi connectivity index (χ3n) is 6.27. The van der Waals surface area contributed by atoms with E-state index in [1.165, 1.54) is 18.4 Å². The molecule has 32 heavy (non-hydrogen) atoms. The number of nitrogens with one attached hydrogen (secondary N) is 1. The van der Waals surface area contributed by atoms with E-state index in [4.69, 9.17) is 4.74 Å². The number of amides is 1. The van der Waals surface area contributed by atoms with Gasteiger partial charge >= 0.3 is 0 Å². The predicted molar refractivity (Wildman–Crippen MR) is 125 cm³/mol. The number of guanidine groups is 1. The van der Waals surface area contributed by atoms with Crippen LogP contribution in [0.4, 0.5) is 5.69 Å². The summed E-state index contributed by atoms with van der Waals surface area (Å²) in [4.78, 5) is 23.6. The summed E-state index contributed by atoms with van der Waals surface area (Å²) in [6, 6.07) is 8.56. The summed E-state index contributed by atoms with van der Waals surface area (Å²) in [6.07, 6.45) is 6.06. The third kappa shape index (κ3) is 4.88. The number of aromatic nitrogens is 2. The van der Waals surface area contributed by atoms with Crippen LogP contribution in [-0.2, 0) is 11.8 Å². The van der Waals surface area contributed by atoms with E-state index in [0.29, 0.717) is 13.1 Å². The lowest BCUT2D eigenvalue weighted by molar-refractivity contribution is -0.120. The first-order chi connectivity index (χ1) is 15.6. The Bertz CT molecular complexity index is 934. The van der Waals surface area contributed by atoms with Crippen LogP contribution < -0.4 is 15.0 Å². The van der Waals surface area contributed by atoms with E-state index in [9.17, 15) is 4.79 Å². The minimum Gasteiger partial charge on any atom is -0.497 e. The van der Waals surface area contributed by atoms with Crippen LogP contribution in [0.5, 0.6) is 5.75 Å². The average molecular weight is 440 g/mol. The Labute approximate surface area is 189 Å². The molecule has 1 aromatic carbocycles. The van der Waals surface area contributed by atoms with E-state index >= 15 is 0 Å². The Morgan fingerprint density at radius 1 is 1.19 bits per heavy atom. The zero-order chi connectivity index (χ0) is 22.5. The third-order valence-corrected chi connectivity index (χ3v) is 6.27. The summed E-state index contributed by atoms with van der Waals surface area (Å²) in [5.74, 6) is 1.68. The molecule has 1 aromatic heterocycles. The van der Waals surface area contributed by atoms with Gasteiger partial charge in [-0.3, -0.25) is 19.4 Å². The number of nitrogens with zero attached hydrogens (tertiary/aromatic N) is 6. The molecule has 2 fully saturated rings. The van der Waals surface area contributed by atoms with Crippen molar-refractivity contribution >= 4 is 17.6 Å². The molecule has 9 nitrogen and oxygen atoms in total. The number of piperazine rings is 1. The quantitative estimate of drug-likeness (QED) is 0.543. The number of anilines is 1. The van der Waals surface area contributed by atoms with Gasteiger partial charge in [0.25, 0.3) is 0 Å². The highest BCUT2D eigenvalue weighted by atomic mass is 16.5. The summed E-state index contributed by atoms with van der Waals surface area (Å²) in [5.41, 5.74) is 2.10.